The van der Waals surface area contributed by atoms with Crippen molar-refractivity contribution >= 4 is 11.9 Å². The Labute approximate surface area is 122 Å². The van der Waals surface area contributed by atoms with Crippen LogP contribution in [0, 0.1) is 5.92 Å². The first-order chi connectivity index (χ1) is 9.81. The van der Waals surface area contributed by atoms with Crippen molar-refractivity contribution in [2.75, 3.05) is 13.1 Å². The van der Waals surface area contributed by atoms with Gasteiger partial charge in [0, 0.05) is 24.2 Å². The zero-order valence-electron chi connectivity index (χ0n) is 12.1. The van der Waals surface area contributed by atoms with E-state index >= 15 is 0 Å². The van der Waals surface area contributed by atoms with E-state index in [0.29, 0.717) is 6.54 Å². The van der Waals surface area contributed by atoms with Gasteiger partial charge < -0.3 is 10.0 Å². The van der Waals surface area contributed by atoms with Crippen molar-refractivity contribution in [3.05, 3.63) is 35.4 Å². The average molecular weight is 299 g/mol. The van der Waals surface area contributed by atoms with Gasteiger partial charge in [0.05, 0.1) is 6.42 Å². The number of aliphatic carboxylic acids is 1. The highest BCUT2D eigenvalue weighted by Crippen LogP contribution is 2.20. The van der Waals surface area contributed by atoms with Crippen LogP contribution in [0.3, 0.4) is 0 Å². The van der Waals surface area contributed by atoms with Crippen LogP contribution in [0.5, 0.6) is 0 Å². The molecule has 1 aromatic rings. The summed E-state index contributed by atoms with van der Waals surface area (Å²) in [4.78, 5) is 24.4. The lowest BCUT2D eigenvalue weighted by Gasteiger charge is -2.24. The SMILES string of the molecule is CC(C)CN(CCC(=O)O)C(=O)c1cccc(C(F)F)c1. The molecule has 21 heavy (non-hydrogen) atoms. The van der Waals surface area contributed by atoms with Crippen LogP contribution in [0.25, 0.3) is 0 Å². The minimum Gasteiger partial charge on any atom is -0.481 e. The van der Waals surface area contributed by atoms with E-state index in [1.807, 2.05) is 13.8 Å². The fourth-order valence-corrected chi connectivity index (χ4v) is 1.94. The highest BCUT2D eigenvalue weighted by Gasteiger charge is 2.19. The normalized spacial score (nSPS) is 11.0. The molecule has 4 nitrogen and oxygen atoms in total. The zero-order valence-corrected chi connectivity index (χ0v) is 12.1. The number of rotatable bonds is 7. The average Bonchev–Trinajstić information content (AvgIpc) is 2.42. The summed E-state index contributed by atoms with van der Waals surface area (Å²) in [6.07, 6.45) is -2.82. The fraction of sp³-hybridized carbons (Fsp3) is 0.467. The number of carbonyl (C=O) groups is 2. The van der Waals surface area contributed by atoms with Crippen molar-refractivity contribution in [3.8, 4) is 0 Å². The molecule has 0 bridgehead atoms. The first-order valence-electron chi connectivity index (χ1n) is 6.70. The molecule has 1 aromatic carbocycles. The smallest absolute Gasteiger partial charge is 0.305 e. The van der Waals surface area contributed by atoms with Gasteiger partial charge >= 0.3 is 5.97 Å². The van der Waals surface area contributed by atoms with Gasteiger partial charge in [-0.2, -0.15) is 0 Å². The van der Waals surface area contributed by atoms with Crippen LogP contribution in [-0.2, 0) is 4.79 Å². The van der Waals surface area contributed by atoms with Crippen molar-refractivity contribution in [2.24, 2.45) is 5.92 Å². The van der Waals surface area contributed by atoms with Crippen LogP contribution in [0.2, 0.25) is 0 Å². The third kappa shape index (κ3) is 5.49. The maximum Gasteiger partial charge on any atom is 0.305 e. The molecule has 6 heteroatoms. The van der Waals surface area contributed by atoms with Crippen LogP contribution in [0.1, 0.15) is 42.6 Å². The number of alkyl halides is 2. The maximum atomic E-state index is 12.7. The van der Waals surface area contributed by atoms with Crippen LogP contribution in [0.15, 0.2) is 24.3 Å². The molecular weight excluding hydrogens is 280 g/mol. The second-order valence-corrected chi connectivity index (χ2v) is 5.21. The minimum absolute atomic E-state index is 0.0608. The molecule has 0 aliphatic heterocycles. The number of carboxylic acid groups (broad SMARTS) is 1. The number of hydrogen-bond donors (Lipinski definition) is 1. The van der Waals surface area contributed by atoms with E-state index in [-0.39, 0.29) is 30.0 Å². The Balaban J connectivity index is 2.92. The molecule has 0 radical (unpaired) electrons. The topological polar surface area (TPSA) is 57.6 Å². The summed E-state index contributed by atoms with van der Waals surface area (Å²) < 4.78 is 25.3. The Morgan fingerprint density at radius 2 is 1.95 bits per heavy atom. The first-order valence-corrected chi connectivity index (χ1v) is 6.70. The Bertz CT molecular complexity index is 503. The van der Waals surface area contributed by atoms with Gasteiger partial charge in [0.15, 0.2) is 0 Å². The molecule has 1 rings (SSSR count). The fourth-order valence-electron chi connectivity index (χ4n) is 1.94. The van der Waals surface area contributed by atoms with Gasteiger partial charge in [0.2, 0.25) is 0 Å². The standard InChI is InChI=1S/C15H19F2NO3/c1-10(2)9-18(7-6-13(19)20)15(21)12-5-3-4-11(8-12)14(16)17/h3-5,8,10,14H,6-7,9H2,1-2H3,(H,19,20). The molecule has 0 saturated carbocycles. The van der Waals surface area contributed by atoms with E-state index in [0.717, 1.165) is 6.07 Å². The molecule has 0 aliphatic carbocycles. The van der Waals surface area contributed by atoms with Gasteiger partial charge in [-0.3, -0.25) is 9.59 Å². The molecule has 0 aliphatic rings. The molecule has 0 aromatic heterocycles. The van der Waals surface area contributed by atoms with E-state index in [1.165, 1.54) is 23.1 Å². The van der Waals surface area contributed by atoms with Gasteiger partial charge in [-0.25, -0.2) is 8.78 Å². The molecule has 1 N–H and O–H groups in total. The highest BCUT2D eigenvalue weighted by molar-refractivity contribution is 5.94. The summed E-state index contributed by atoms with van der Waals surface area (Å²) in [6, 6.07) is 5.27. The number of carbonyl (C=O) groups excluding carboxylic acids is 1. The van der Waals surface area contributed by atoms with E-state index in [1.54, 1.807) is 0 Å². The van der Waals surface area contributed by atoms with Crippen LogP contribution in [0.4, 0.5) is 8.78 Å². The van der Waals surface area contributed by atoms with Crippen molar-refractivity contribution < 1.29 is 23.5 Å². The summed E-state index contributed by atoms with van der Waals surface area (Å²) in [6.45, 7) is 4.24. The Hall–Kier alpha value is -1.98. The van der Waals surface area contributed by atoms with E-state index in [4.69, 9.17) is 5.11 Å². The lowest BCUT2D eigenvalue weighted by atomic mass is 10.1. The van der Waals surface area contributed by atoms with E-state index < -0.39 is 18.3 Å². The Kier molecular flexibility index (Phi) is 6.27. The van der Waals surface area contributed by atoms with Crippen LogP contribution < -0.4 is 0 Å². The van der Waals surface area contributed by atoms with Crippen molar-refractivity contribution in [2.45, 2.75) is 26.7 Å². The summed E-state index contributed by atoms with van der Waals surface area (Å²) in [7, 11) is 0. The van der Waals surface area contributed by atoms with Gasteiger partial charge in [-0.1, -0.05) is 26.0 Å². The maximum absolute atomic E-state index is 12.7. The second-order valence-electron chi connectivity index (χ2n) is 5.21. The molecule has 116 valence electrons. The van der Waals surface area contributed by atoms with Crippen molar-refractivity contribution in [3.63, 3.8) is 0 Å². The van der Waals surface area contributed by atoms with Crippen LogP contribution >= 0.6 is 0 Å². The quantitative estimate of drug-likeness (QED) is 0.841. The zero-order chi connectivity index (χ0) is 16.0. The number of benzene rings is 1. The highest BCUT2D eigenvalue weighted by atomic mass is 19.3. The predicted octanol–water partition coefficient (Wildman–Crippen LogP) is 3.20. The number of halogens is 2. The molecule has 0 fully saturated rings. The van der Waals surface area contributed by atoms with Gasteiger partial charge in [0.1, 0.15) is 0 Å². The first kappa shape index (κ1) is 17.1. The van der Waals surface area contributed by atoms with Crippen molar-refractivity contribution in [1.82, 2.24) is 4.90 Å². The third-order valence-electron chi connectivity index (χ3n) is 2.85. The largest absolute Gasteiger partial charge is 0.481 e. The van der Waals surface area contributed by atoms with Gasteiger partial charge in [-0.05, 0) is 18.1 Å². The van der Waals surface area contributed by atoms with E-state index in [9.17, 15) is 18.4 Å². The molecule has 0 unspecified atom stereocenters. The van der Waals surface area contributed by atoms with E-state index in [2.05, 4.69) is 0 Å². The monoisotopic (exact) mass is 299 g/mol. The number of nitrogens with zero attached hydrogens (tertiary/aromatic N) is 1. The molecule has 0 saturated heterocycles. The Morgan fingerprint density at radius 3 is 2.48 bits per heavy atom. The molecule has 0 spiro atoms. The Morgan fingerprint density at radius 1 is 1.29 bits per heavy atom. The molecular formula is C15H19F2NO3. The molecule has 1 amide bonds. The number of carboxylic acids is 1. The lowest BCUT2D eigenvalue weighted by Crippen LogP contribution is -2.36. The number of amides is 1. The van der Waals surface area contributed by atoms with Gasteiger partial charge in [-0.15, -0.1) is 0 Å². The van der Waals surface area contributed by atoms with Crippen LogP contribution in [-0.4, -0.2) is 35.0 Å². The minimum atomic E-state index is -2.64. The second kappa shape index (κ2) is 7.71. The summed E-state index contributed by atoms with van der Waals surface area (Å²) in [5.41, 5.74) is -0.0672. The third-order valence-corrected chi connectivity index (χ3v) is 2.85. The molecule has 0 atom stereocenters. The summed E-state index contributed by atoms with van der Waals surface area (Å²) >= 11 is 0. The predicted molar refractivity (Wildman–Crippen MR) is 74.4 cm³/mol. The lowest BCUT2D eigenvalue weighted by molar-refractivity contribution is -0.137. The number of hydrogen-bond acceptors (Lipinski definition) is 2. The van der Waals surface area contributed by atoms with Gasteiger partial charge in [0.25, 0.3) is 12.3 Å². The summed E-state index contributed by atoms with van der Waals surface area (Å²) in [5.74, 6) is -1.27. The van der Waals surface area contributed by atoms with Crippen molar-refractivity contribution in [1.29, 1.82) is 0 Å². The summed E-state index contributed by atoms with van der Waals surface area (Å²) in [5, 5.41) is 8.73. The molecule has 0 heterocycles.